The second-order valence-electron chi connectivity index (χ2n) is 3.48. The lowest BCUT2D eigenvalue weighted by Crippen LogP contribution is -2.42. The van der Waals surface area contributed by atoms with E-state index in [0.29, 0.717) is 0 Å². The minimum atomic E-state index is -0.555. The van der Waals surface area contributed by atoms with Crippen molar-refractivity contribution in [3.63, 3.8) is 0 Å². The molecule has 2 rings (SSSR count). The van der Waals surface area contributed by atoms with E-state index in [0.717, 1.165) is 30.4 Å². The standard InChI is InChI=1S/C9H13NO2/c10-9(6-11)3-1-2-7-4-12-5-8(7)9/h4-5,11H,1-3,6,10H2. The number of nitrogens with two attached hydrogens (primary N) is 1. The highest BCUT2D eigenvalue weighted by Crippen LogP contribution is 2.33. The van der Waals surface area contributed by atoms with Gasteiger partial charge in [0.2, 0.25) is 0 Å². The van der Waals surface area contributed by atoms with Crippen molar-refractivity contribution < 1.29 is 9.52 Å². The van der Waals surface area contributed by atoms with Crippen LogP contribution in [0.2, 0.25) is 0 Å². The van der Waals surface area contributed by atoms with Gasteiger partial charge in [-0.05, 0) is 24.8 Å². The van der Waals surface area contributed by atoms with E-state index in [2.05, 4.69) is 0 Å². The van der Waals surface area contributed by atoms with Gasteiger partial charge in [0.25, 0.3) is 0 Å². The summed E-state index contributed by atoms with van der Waals surface area (Å²) < 4.78 is 5.07. The summed E-state index contributed by atoms with van der Waals surface area (Å²) in [6, 6.07) is 0. The Labute approximate surface area is 71.2 Å². The molecule has 0 bridgehead atoms. The third-order valence-electron chi connectivity index (χ3n) is 2.63. The number of furan rings is 1. The van der Waals surface area contributed by atoms with Crippen molar-refractivity contribution in [2.24, 2.45) is 5.73 Å². The van der Waals surface area contributed by atoms with Crippen LogP contribution >= 0.6 is 0 Å². The zero-order valence-electron chi connectivity index (χ0n) is 6.92. The van der Waals surface area contributed by atoms with E-state index in [1.807, 2.05) is 0 Å². The molecule has 0 aromatic carbocycles. The molecule has 1 aliphatic carbocycles. The minimum Gasteiger partial charge on any atom is -0.472 e. The van der Waals surface area contributed by atoms with Gasteiger partial charge in [-0.3, -0.25) is 0 Å². The first-order valence-electron chi connectivity index (χ1n) is 4.21. The summed E-state index contributed by atoms with van der Waals surface area (Å²) in [7, 11) is 0. The molecule has 1 aliphatic rings. The maximum atomic E-state index is 9.15. The summed E-state index contributed by atoms with van der Waals surface area (Å²) in [5.74, 6) is 0. The van der Waals surface area contributed by atoms with Crippen LogP contribution in [0.1, 0.15) is 24.0 Å². The molecule has 66 valence electrons. The quantitative estimate of drug-likeness (QED) is 0.649. The molecule has 0 saturated heterocycles. The molecule has 0 aliphatic heterocycles. The predicted molar refractivity (Wildman–Crippen MR) is 44.6 cm³/mol. The summed E-state index contributed by atoms with van der Waals surface area (Å²) in [6.07, 6.45) is 6.28. The lowest BCUT2D eigenvalue weighted by atomic mass is 9.80. The summed E-state index contributed by atoms with van der Waals surface area (Å²) >= 11 is 0. The molecule has 0 radical (unpaired) electrons. The van der Waals surface area contributed by atoms with Crippen LogP contribution in [0.25, 0.3) is 0 Å². The monoisotopic (exact) mass is 167 g/mol. The van der Waals surface area contributed by atoms with Crippen molar-refractivity contribution in [1.29, 1.82) is 0 Å². The molecule has 0 fully saturated rings. The zero-order valence-corrected chi connectivity index (χ0v) is 6.92. The van der Waals surface area contributed by atoms with E-state index < -0.39 is 5.54 Å². The van der Waals surface area contributed by atoms with Crippen molar-refractivity contribution in [2.45, 2.75) is 24.8 Å². The molecule has 1 atom stereocenters. The van der Waals surface area contributed by atoms with Crippen LogP contribution in [0.5, 0.6) is 0 Å². The highest BCUT2D eigenvalue weighted by molar-refractivity contribution is 5.31. The van der Waals surface area contributed by atoms with Crippen LogP contribution < -0.4 is 5.73 Å². The second-order valence-corrected chi connectivity index (χ2v) is 3.48. The first kappa shape index (κ1) is 7.83. The normalized spacial score (nSPS) is 28.5. The van der Waals surface area contributed by atoms with Crippen LogP contribution in [0, 0.1) is 0 Å². The Bertz CT molecular complexity index is 282. The van der Waals surface area contributed by atoms with E-state index in [-0.39, 0.29) is 6.61 Å². The number of rotatable bonds is 1. The Hall–Kier alpha value is -0.800. The van der Waals surface area contributed by atoms with Gasteiger partial charge in [0.05, 0.1) is 24.7 Å². The molecule has 1 aromatic heterocycles. The molecular formula is C9H13NO2. The number of fused-ring (bicyclic) bond motifs is 1. The fourth-order valence-corrected chi connectivity index (χ4v) is 1.85. The molecular weight excluding hydrogens is 154 g/mol. The van der Waals surface area contributed by atoms with Crippen LogP contribution in [-0.4, -0.2) is 11.7 Å². The third-order valence-corrected chi connectivity index (χ3v) is 2.63. The Kier molecular flexibility index (Phi) is 1.70. The van der Waals surface area contributed by atoms with E-state index in [9.17, 15) is 0 Å². The average Bonchev–Trinajstić information content (AvgIpc) is 2.54. The first-order valence-corrected chi connectivity index (χ1v) is 4.21. The van der Waals surface area contributed by atoms with Crippen LogP contribution in [-0.2, 0) is 12.0 Å². The van der Waals surface area contributed by atoms with E-state index in [1.54, 1.807) is 12.5 Å². The Morgan fingerprint density at radius 2 is 2.42 bits per heavy atom. The summed E-state index contributed by atoms with van der Waals surface area (Å²) in [6.45, 7) is -0.000463. The SMILES string of the molecule is NC1(CO)CCCc2cocc21. The lowest BCUT2D eigenvalue weighted by molar-refractivity contribution is 0.178. The summed E-state index contributed by atoms with van der Waals surface area (Å²) in [5, 5.41) is 9.15. The van der Waals surface area contributed by atoms with Crippen molar-refractivity contribution in [3.05, 3.63) is 23.7 Å². The Morgan fingerprint density at radius 3 is 3.17 bits per heavy atom. The Balaban J connectivity index is 2.44. The molecule has 3 nitrogen and oxygen atoms in total. The van der Waals surface area contributed by atoms with E-state index in [1.165, 1.54) is 0 Å². The average molecular weight is 167 g/mol. The van der Waals surface area contributed by atoms with Crippen molar-refractivity contribution in [2.75, 3.05) is 6.61 Å². The topological polar surface area (TPSA) is 59.4 Å². The van der Waals surface area contributed by atoms with Gasteiger partial charge < -0.3 is 15.3 Å². The van der Waals surface area contributed by atoms with Gasteiger partial charge in [0.15, 0.2) is 0 Å². The maximum absolute atomic E-state index is 9.15. The van der Waals surface area contributed by atoms with Crippen molar-refractivity contribution >= 4 is 0 Å². The fourth-order valence-electron chi connectivity index (χ4n) is 1.85. The summed E-state index contributed by atoms with van der Waals surface area (Å²) in [4.78, 5) is 0. The fraction of sp³-hybridized carbons (Fsp3) is 0.556. The van der Waals surface area contributed by atoms with Gasteiger partial charge in [0, 0.05) is 5.56 Å². The smallest absolute Gasteiger partial charge is 0.0956 e. The van der Waals surface area contributed by atoms with Gasteiger partial charge in [-0.25, -0.2) is 0 Å². The highest BCUT2D eigenvalue weighted by Gasteiger charge is 2.33. The number of aliphatic hydroxyl groups is 1. The lowest BCUT2D eigenvalue weighted by Gasteiger charge is -2.30. The highest BCUT2D eigenvalue weighted by atomic mass is 16.3. The molecule has 0 spiro atoms. The Morgan fingerprint density at radius 1 is 1.58 bits per heavy atom. The van der Waals surface area contributed by atoms with Gasteiger partial charge >= 0.3 is 0 Å². The maximum Gasteiger partial charge on any atom is 0.0956 e. The number of aliphatic hydroxyl groups excluding tert-OH is 1. The number of hydrogen-bond donors (Lipinski definition) is 2. The van der Waals surface area contributed by atoms with Crippen LogP contribution in [0.15, 0.2) is 16.9 Å². The third kappa shape index (κ3) is 0.974. The molecule has 0 amide bonds. The molecule has 3 N–H and O–H groups in total. The van der Waals surface area contributed by atoms with Crippen LogP contribution in [0.3, 0.4) is 0 Å². The zero-order chi connectivity index (χ0) is 8.60. The summed E-state index contributed by atoms with van der Waals surface area (Å²) in [5.41, 5.74) is 7.58. The van der Waals surface area contributed by atoms with E-state index in [4.69, 9.17) is 15.3 Å². The largest absolute Gasteiger partial charge is 0.472 e. The number of aryl methyl sites for hydroxylation is 1. The van der Waals surface area contributed by atoms with Crippen LogP contribution in [0.4, 0.5) is 0 Å². The van der Waals surface area contributed by atoms with Gasteiger partial charge in [-0.1, -0.05) is 0 Å². The molecule has 0 saturated carbocycles. The minimum absolute atomic E-state index is 0.000463. The predicted octanol–water partition coefficient (Wildman–Crippen LogP) is 0.762. The molecule has 1 unspecified atom stereocenters. The van der Waals surface area contributed by atoms with Gasteiger partial charge in [-0.15, -0.1) is 0 Å². The van der Waals surface area contributed by atoms with Crippen molar-refractivity contribution in [3.8, 4) is 0 Å². The van der Waals surface area contributed by atoms with Gasteiger partial charge in [-0.2, -0.15) is 0 Å². The first-order chi connectivity index (χ1) is 5.76. The molecule has 1 heterocycles. The van der Waals surface area contributed by atoms with Gasteiger partial charge in [0.1, 0.15) is 0 Å². The molecule has 3 heteroatoms. The molecule has 1 aromatic rings. The second kappa shape index (κ2) is 2.61. The molecule has 12 heavy (non-hydrogen) atoms. The van der Waals surface area contributed by atoms with E-state index >= 15 is 0 Å². The van der Waals surface area contributed by atoms with Crippen molar-refractivity contribution in [1.82, 2.24) is 0 Å². The number of hydrogen-bond acceptors (Lipinski definition) is 3.